The summed E-state index contributed by atoms with van der Waals surface area (Å²) in [6.07, 6.45) is 7.93. The zero-order valence-electron chi connectivity index (χ0n) is 29.1. The van der Waals surface area contributed by atoms with Gasteiger partial charge < -0.3 is 28.4 Å². The minimum absolute atomic E-state index is 0.136. The summed E-state index contributed by atoms with van der Waals surface area (Å²) in [5.74, 6) is 3.19. The average Bonchev–Trinajstić information content (AvgIpc) is 3.12. The van der Waals surface area contributed by atoms with Crippen molar-refractivity contribution in [3.63, 3.8) is 0 Å². The molecule has 1 aliphatic heterocycles. The van der Waals surface area contributed by atoms with E-state index in [1.807, 2.05) is 36.4 Å². The molecule has 13 heteroatoms. The number of piperidine rings is 1. The van der Waals surface area contributed by atoms with E-state index in [1.54, 1.807) is 65.6 Å². The minimum atomic E-state index is -3.51. The lowest BCUT2D eigenvalue weighted by atomic mass is 10.0. The van der Waals surface area contributed by atoms with Crippen molar-refractivity contribution in [1.29, 1.82) is 0 Å². The fourth-order valence-corrected chi connectivity index (χ4v) is 7.40. The van der Waals surface area contributed by atoms with E-state index in [4.69, 9.17) is 28.4 Å². The lowest BCUT2D eigenvalue weighted by Gasteiger charge is -2.37. The predicted molar refractivity (Wildman–Crippen MR) is 187 cm³/mol. The largest absolute Gasteiger partial charge is 0.493 e. The summed E-state index contributed by atoms with van der Waals surface area (Å²) in [5.41, 5.74) is 5.15. The second-order valence-corrected chi connectivity index (χ2v) is 13.7. The fourth-order valence-electron chi connectivity index (χ4n) is 6.26. The first-order valence-electron chi connectivity index (χ1n) is 15.8. The van der Waals surface area contributed by atoms with E-state index in [0.717, 1.165) is 46.6 Å². The molecule has 1 saturated heterocycles. The zero-order valence-corrected chi connectivity index (χ0v) is 29.9. The molecule has 1 aliphatic rings. The van der Waals surface area contributed by atoms with Gasteiger partial charge in [0.05, 0.1) is 54.6 Å². The molecule has 0 unspecified atom stereocenters. The van der Waals surface area contributed by atoms with Crippen LogP contribution in [0.1, 0.15) is 24.0 Å². The molecular formula is C36H44N4O8S. The van der Waals surface area contributed by atoms with Crippen LogP contribution in [0.25, 0.3) is 22.4 Å². The van der Waals surface area contributed by atoms with Crippen molar-refractivity contribution in [3.8, 4) is 56.9 Å². The molecule has 49 heavy (non-hydrogen) atoms. The van der Waals surface area contributed by atoms with E-state index < -0.39 is 10.0 Å². The molecule has 0 atom stereocenters. The fraction of sp³-hybridized carbons (Fsp3) is 0.389. The first kappa shape index (κ1) is 35.7. The van der Waals surface area contributed by atoms with Gasteiger partial charge >= 0.3 is 0 Å². The van der Waals surface area contributed by atoms with Crippen LogP contribution < -0.4 is 28.4 Å². The molecule has 0 bridgehead atoms. The number of sulfonamides is 1. The summed E-state index contributed by atoms with van der Waals surface area (Å²) in [6.45, 7) is 2.44. The molecule has 2 aromatic heterocycles. The maximum absolute atomic E-state index is 13.1. The van der Waals surface area contributed by atoms with E-state index in [-0.39, 0.29) is 12.6 Å². The summed E-state index contributed by atoms with van der Waals surface area (Å²) in [5, 5.41) is 0. The van der Waals surface area contributed by atoms with Gasteiger partial charge in [-0.25, -0.2) is 8.42 Å². The number of hydrogen-bond donors (Lipinski definition) is 0. The third-order valence-corrected chi connectivity index (χ3v) is 9.99. The highest BCUT2D eigenvalue weighted by Crippen LogP contribution is 2.42. The molecule has 2 aromatic carbocycles. The Balaban J connectivity index is 1.28. The SMILES string of the molecule is COc1cc(-c2cncc(CN(C3CCN(Cc4ccnc(-c5cc(OC)c(OC)c(OC)c5)c4)CC3)S(C)(=O)=O)c2)cc(OC)c1OC. The van der Waals surface area contributed by atoms with Gasteiger partial charge in [0, 0.05) is 61.9 Å². The number of likely N-dealkylation sites (tertiary alicyclic amines) is 1. The third-order valence-electron chi connectivity index (χ3n) is 8.71. The number of rotatable bonds is 14. The van der Waals surface area contributed by atoms with E-state index >= 15 is 0 Å². The molecule has 0 N–H and O–H groups in total. The topological polar surface area (TPSA) is 122 Å². The van der Waals surface area contributed by atoms with Crippen LogP contribution in [0.4, 0.5) is 0 Å². The molecule has 1 fully saturated rings. The standard InChI is InChI=1S/C36H44N4O8S/c1-43-31-16-26(17-32(44-2)35(31)47-5)28-14-25(20-37-21-28)23-40(49(7,41)42)29-9-12-39(13-10-29)22-24-8-11-38-30(15-24)27-18-33(45-3)36(48-6)34(19-27)46-4/h8,11,14-21,29H,9-10,12-13,22-23H2,1-7H3. The van der Waals surface area contributed by atoms with Crippen LogP contribution in [0.5, 0.6) is 34.5 Å². The van der Waals surface area contributed by atoms with Gasteiger partial charge in [-0.3, -0.25) is 14.9 Å². The quantitative estimate of drug-likeness (QED) is 0.171. The molecule has 0 amide bonds. The Bertz CT molecular complexity index is 1810. The first-order chi connectivity index (χ1) is 23.6. The monoisotopic (exact) mass is 692 g/mol. The highest BCUT2D eigenvalue weighted by molar-refractivity contribution is 7.88. The molecular weight excluding hydrogens is 648 g/mol. The normalized spacial score (nSPS) is 14.0. The number of ether oxygens (including phenoxy) is 6. The summed E-state index contributed by atoms with van der Waals surface area (Å²) in [7, 11) is 5.94. The van der Waals surface area contributed by atoms with Crippen LogP contribution in [-0.2, 0) is 23.1 Å². The van der Waals surface area contributed by atoms with Gasteiger partial charge in [-0.15, -0.1) is 0 Å². The maximum atomic E-state index is 13.1. The van der Waals surface area contributed by atoms with Crippen LogP contribution in [0.2, 0.25) is 0 Å². The molecule has 262 valence electrons. The van der Waals surface area contributed by atoms with Crippen LogP contribution in [0, 0.1) is 0 Å². The van der Waals surface area contributed by atoms with Crippen molar-refractivity contribution in [2.75, 3.05) is 62.0 Å². The Labute approximate surface area is 288 Å². The third kappa shape index (κ3) is 8.18. The first-order valence-corrected chi connectivity index (χ1v) is 17.7. The number of aromatic nitrogens is 2. The Hall–Kier alpha value is -4.59. The molecule has 4 aromatic rings. The smallest absolute Gasteiger partial charge is 0.211 e. The predicted octanol–water partition coefficient (Wildman–Crippen LogP) is 5.29. The van der Waals surface area contributed by atoms with Gasteiger partial charge in [0.25, 0.3) is 0 Å². The van der Waals surface area contributed by atoms with E-state index in [0.29, 0.717) is 53.9 Å². The Kier molecular flexibility index (Phi) is 11.5. The van der Waals surface area contributed by atoms with Crippen LogP contribution in [0.3, 0.4) is 0 Å². The number of methoxy groups -OCH3 is 6. The molecule has 0 aliphatic carbocycles. The highest BCUT2D eigenvalue weighted by Gasteiger charge is 2.31. The number of pyridine rings is 2. The molecule has 5 rings (SSSR count). The van der Waals surface area contributed by atoms with Gasteiger partial charge in [0.2, 0.25) is 21.5 Å². The van der Waals surface area contributed by atoms with Gasteiger partial charge in [-0.2, -0.15) is 4.31 Å². The molecule has 12 nitrogen and oxygen atoms in total. The van der Waals surface area contributed by atoms with E-state index in [2.05, 4.69) is 20.9 Å². The Morgan fingerprint density at radius 2 is 1.27 bits per heavy atom. The van der Waals surface area contributed by atoms with Gasteiger partial charge in [0.15, 0.2) is 23.0 Å². The van der Waals surface area contributed by atoms with Crippen molar-refractivity contribution >= 4 is 10.0 Å². The van der Waals surface area contributed by atoms with Crippen LogP contribution in [-0.4, -0.2) is 95.6 Å². The highest BCUT2D eigenvalue weighted by atomic mass is 32.2. The van der Waals surface area contributed by atoms with E-state index in [1.165, 1.54) is 6.26 Å². The minimum Gasteiger partial charge on any atom is -0.493 e. The van der Waals surface area contributed by atoms with Crippen LogP contribution in [0.15, 0.2) is 61.1 Å². The maximum Gasteiger partial charge on any atom is 0.211 e. The van der Waals surface area contributed by atoms with Gasteiger partial charge in [0.1, 0.15) is 0 Å². The van der Waals surface area contributed by atoms with Crippen molar-refractivity contribution in [2.24, 2.45) is 0 Å². The van der Waals surface area contributed by atoms with Crippen molar-refractivity contribution in [1.82, 2.24) is 19.2 Å². The zero-order chi connectivity index (χ0) is 35.1. The summed E-state index contributed by atoms with van der Waals surface area (Å²) < 4.78 is 60.9. The lowest BCUT2D eigenvalue weighted by Crippen LogP contribution is -2.46. The second kappa shape index (κ2) is 15.7. The average molecular weight is 693 g/mol. The summed E-state index contributed by atoms with van der Waals surface area (Å²) in [6, 6.07) is 13.3. The number of nitrogens with zero attached hydrogens (tertiary/aromatic N) is 4. The Morgan fingerprint density at radius 1 is 0.714 bits per heavy atom. The van der Waals surface area contributed by atoms with Gasteiger partial charge in [-0.05, 0) is 72.0 Å². The number of hydrogen-bond acceptors (Lipinski definition) is 11. The summed E-state index contributed by atoms with van der Waals surface area (Å²) in [4.78, 5) is 11.4. The molecule has 0 radical (unpaired) electrons. The van der Waals surface area contributed by atoms with Gasteiger partial charge in [-0.1, -0.05) is 0 Å². The second-order valence-electron chi connectivity index (χ2n) is 11.8. The van der Waals surface area contributed by atoms with Crippen molar-refractivity contribution in [2.45, 2.75) is 32.0 Å². The Morgan fingerprint density at radius 3 is 1.78 bits per heavy atom. The molecule has 0 saturated carbocycles. The number of benzene rings is 2. The molecule has 0 spiro atoms. The lowest BCUT2D eigenvalue weighted by molar-refractivity contribution is 0.151. The van der Waals surface area contributed by atoms with Crippen LogP contribution >= 0.6 is 0 Å². The van der Waals surface area contributed by atoms with Crippen molar-refractivity contribution < 1.29 is 36.8 Å². The van der Waals surface area contributed by atoms with Crippen molar-refractivity contribution in [3.05, 3.63) is 72.2 Å². The molecule has 3 heterocycles. The summed E-state index contributed by atoms with van der Waals surface area (Å²) >= 11 is 0. The van der Waals surface area contributed by atoms with E-state index in [9.17, 15) is 8.42 Å².